The Morgan fingerprint density at radius 2 is 2.25 bits per heavy atom. The highest BCUT2D eigenvalue weighted by molar-refractivity contribution is 7.89. The number of hydrogen-bond donors (Lipinski definition) is 1. The van der Waals surface area contributed by atoms with E-state index in [1.807, 2.05) is 0 Å². The van der Waals surface area contributed by atoms with Crippen LogP contribution in [0.15, 0.2) is 0 Å². The Hall–Kier alpha value is -0.660. The fourth-order valence-corrected chi connectivity index (χ4v) is 2.85. The van der Waals surface area contributed by atoms with Crippen LogP contribution in [-0.4, -0.2) is 57.2 Å². The molecule has 0 radical (unpaired) electrons. The number of sulfonamides is 1. The van der Waals surface area contributed by atoms with Crippen LogP contribution < -0.4 is 5.32 Å². The number of carbonyl (C=O) groups is 1. The Morgan fingerprint density at radius 1 is 1.56 bits per heavy atom. The molecule has 0 saturated carbocycles. The van der Waals surface area contributed by atoms with Crippen molar-refractivity contribution in [2.75, 3.05) is 32.5 Å². The predicted molar refractivity (Wildman–Crippen MR) is 59.5 cm³/mol. The zero-order valence-electron chi connectivity index (χ0n) is 9.60. The number of likely N-dealkylation sites (N-methyl/N-ethyl adjacent to an activating group) is 1. The molecule has 0 bridgehead atoms. The third-order valence-electron chi connectivity index (χ3n) is 2.59. The molecule has 1 fully saturated rings. The minimum Gasteiger partial charge on any atom is -0.465 e. The van der Waals surface area contributed by atoms with E-state index in [9.17, 15) is 13.2 Å². The summed E-state index contributed by atoms with van der Waals surface area (Å²) in [5.41, 5.74) is 0. The van der Waals surface area contributed by atoms with Crippen molar-refractivity contribution in [3.63, 3.8) is 0 Å². The van der Waals surface area contributed by atoms with Gasteiger partial charge in [-0.2, -0.15) is 0 Å². The summed E-state index contributed by atoms with van der Waals surface area (Å²) < 4.78 is 29.5. The molecule has 0 amide bonds. The smallest absolute Gasteiger partial charge is 0.322 e. The lowest BCUT2D eigenvalue weighted by molar-refractivity contribution is -0.140. The number of nitrogens with one attached hydrogen (secondary N) is 1. The summed E-state index contributed by atoms with van der Waals surface area (Å²) in [5.74, 6) is -1.27. The zero-order chi connectivity index (χ0) is 12.2. The molecule has 1 atom stereocenters. The molecule has 1 heterocycles. The Bertz CT molecular complexity index is 335. The van der Waals surface area contributed by atoms with E-state index in [1.54, 1.807) is 6.92 Å². The number of hydrogen-bond acceptors (Lipinski definition) is 5. The summed E-state index contributed by atoms with van der Waals surface area (Å²) in [5, 5.41) is 3.08. The Labute approximate surface area is 96.0 Å². The van der Waals surface area contributed by atoms with E-state index in [0.29, 0.717) is 6.54 Å². The molecule has 1 aliphatic rings. The molecule has 6 nitrogen and oxygen atoms in total. The van der Waals surface area contributed by atoms with Gasteiger partial charge in [-0.15, -0.1) is 0 Å². The number of carbonyl (C=O) groups excluding carboxylic acids is 1. The van der Waals surface area contributed by atoms with Crippen LogP contribution in [0.25, 0.3) is 0 Å². The quantitative estimate of drug-likeness (QED) is 0.645. The van der Waals surface area contributed by atoms with Crippen molar-refractivity contribution in [3.8, 4) is 0 Å². The first-order valence-electron chi connectivity index (χ1n) is 5.29. The first kappa shape index (κ1) is 13.4. The molecule has 0 aromatic carbocycles. The van der Waals surface area contributed by atoms with Gasteiger partial charge in [0, 0.05) is 19.6 Å². The molecule has 0 aromatic heterocycles. The van der Waals surface area contributed by atoms with Gasteiger partial charge in [0.2, 0.25) is 10.0 Å². The first-order valence-corrected chi connectivity index (χ1v) is 6.90. The van der Waals surface area contributed by atoms with Crippen molar-refractivity contribution in [3.05, 3.63) is 0 Å². The molecular formula is C9H18N2O4S. The maximum absolute atomic E-state index is 11.8. The third kappa shape index (κ3) is 3.43. The van der Waals surface area contributed by atoms with Crippen molar-refractivity contribution in [2.45, 2.75) is 19.4 Å². The van der Waals surface area contributed by atoms with Crippen LogP contribution in [-0.2, 0) is 19.6 Å². The average Bonchev–Trinajstić information content (AvgIpc) is 2.68. The van der Waals surface area contributed by atoms with E-state index in [0.717, 1.165) is 13.0 Å². The van der Waals surface area contributed by atoms with Gasteiger partial charge in [0.05, 0.1) is 6.61 Å². The summed E-state index contributed by atoms with van der Waals surface area (Å²) in [4.78, 5) is 11.1. The summed E-state index contributed by atoms with van der Waals surface area (Å²) in [7, 11) is -2.04. The van der Waals surface area contributed by atoms with Gasteiger partial charge < -0.3 is 10.1 Å². The lowest BCUT2D eigenvalue weighted by Crippen LogP contribution is -2.41. The SMILES string of the molecule is CCOC(=O)CS(=O)(=O)N(C)C1CCNC1. The second-order valence-electron chi connectivity index (χ2n) is 3.72. The van der Waals surface area contributed by atoms with Gasteiger partial charge in [-0.05, 0) is 19.9 Å². The highest BCUT2D eigenvalue weighted by Gasteiger charge is 2.30. The van der Waals surface area contributed by atoms with E-state index in [1.165, 1.54) is 11.4 Å². The molecule has 94 valence electrons. The van der Waals surface area contributed by atoms with Crippen molar-refractivity contribution >= 4 is 16.0 Å². The molecule has 16 heavy (non-hydrogen) atoms. The Morgan fingerprint density at radius 3 is 2.75 bits per heavy atom. The van der Waals surface area contributed by atoms with Gasteiger partial charge in [0.15, 0.2) is 5.75 Å². The fourth-order valence-electron chi connectivity index (χ4n) is 1.63. The fraction of sp³-hybridized carbons (Fsp3) is 0.889. The molecule has 1 unspecified atom stereocenters. The largest absolute Gasteiger partial charge is 0.465 e. The molecule has 1 saturated heterocycles. The summed E-state index contributed by atoms with van der Waals surface area (Å²) >= 11 is 0. The van der Waals surface area contributed by atoms with E-state index in [2.05, 4.69) is 10.1 Å². The average molecular weight is 250 g/mol. The topological polar surface area (TPSA) is 75.7 Å². The lowest BCUT2D eigenvalue weighted by atomic mass is 10.3. The van der Waals surface area contributed by atoms with Gasteiger partial charge >= 0.3 is 5.97 Å². The summed E-state index contributed by atoms with van der Waals surface area (Å²) in [6.45, 7) is 3.29. The Kier molecular flexibility index (Phi) is 4.69. The third-order valence-corrected chi connectivity index (χ3v) is 4.37. The monoisotopic (exact) mass is 250 g/mol. The van der Waals surface area contributed by atoms with Crippen molar-refractivity contribution in [2.24, 2.45) is 0 Å². The van der Waals surface area contributed by atoms with Crippen LogP contribution in [0.3, 0.4) is 0 Å². The highest BCUT2D eigenvalue weighted by atomic mass is 32.2. The van der Waals surface area contributed by atoms with E-state index >= 15 is 0 Å². The number of nitrogens with zero attached hydrogens (tertiary/aromatic N) is 1. The van der Waals surface area contributed by atoms with Crippen LogP contribution in [0.2, 0.25) is 0 Å². The molecule has 1 N–H and O–H groups in total. The molecular weight excluding hydrogens is 232 g/mol. The van der Waals surface area contributed by atoms with Crippen LogP contribution in [0.4, 0.5) is 0 Å². The van der Waals surface area contributed by atoms with Crippen LogP contribution in [0, 0.1) is 0 Å². The summed E-state index contributed by atoms with van der Waals surface area (Å²) in [6, 6.07) is -0.0561. The second kappa shape index (κ2) is 5.60. The van der Waals surface area contributed by atoms with E-state index in [-0.39, 0.29) is 12.6 Å². The molecule has 1 aliphatic heterocycles. The standard InChI is InChI=1S/C9H18N2O4S/c1-3-15-9(12)7-16(13,14)11(2)8-4-5-10-6-8/h8,10H,3-7H2,1-2H3. The number of esters is 1. The number of ether oxygens (including phenoxy) is 1. The van der Waals surface area contributed by atoms with Gasteiger partial charge in [-0.1, -0.05) is 0 Å². The van der Waals surface area contributed by atoms with Gasteiger partial charge in [0.1, 0.15) is 0 Å². The molecule has 0 aliphatic carbocycles. The van der Waals surface area contributed by atoms with Crippen molar-refractivity contribution in [1.29, 1.82) is 0 Å². The van der Waals surface area contributed by atoms with Crippen LogP contribution in [0.5, 0.6) is 0 Å². The summed E-state index contributed by atoms with van der Waals surface area (Å²) in [6.07, 6.45) is 0.776. The minimum absolute atomic E-state index is 0.0561. The molecule has 0 spiro atoms. The maximum atomic E-state index is 11.8. The van der Waals surface area contributed by atoms with Crippen LogP contribution >= 0.6 is 0 Å². The van der Waals surface area contributed by atoms with Gasteiger partial charge in [0.25, 0.3) is 0 Å². The maximum Gasteiger partial charge on any atom is 0.322 e. The zero-order valence-corrected chi connectivity index (χ0v) is 10.4. The van der Waals surface area contributed by atoms with Crippen LogP contribution in [0.1, 0.15) is 13.3 Å². The predicted octanol–water partition coefficient (Wildman–Crippen LogP) is -0.827. The minimum atomic E-state index is -3.55. The number of rotatable bonds is 5. The molecule has 7 heteroatoms. The van der Waals surface area contributed by atoms with Gasteiger partial charge in [-0.3, -0.25) is 4.79 Å². The Balaban J connectivity index is 2.58. The van der Waals surface area contributed by atoms with E-state index in [4.69, 9.17) is 0 Å². The van der Waals surface area contributed by atoms with Gasteiger partial charge in [-0.25, -0.2) is 12.7 Å². The molecule has 1 rings (SSSR count). The highest BCUT2D eigenvalue weighted by Crippen LogP contribution is 2.11. The van der Waals surface area contributed by atoms with Crippen molar-refractivity contribution < 1.29 is 17.9 Å². The van der Waals surface area contributed by atoms with E-state index < -0.39 is 21.7 Å². The molecule has 0 aromatic rings. The van der Waals surface area contributed by atoms with Crippen molar-refractivity contribution in [1.82, 2.24) is 9.62 Å². The second-order valence-corrected chi connectivity index (χ2v) is 5.75. The first-order chi connectivity index (χ1) is 7.47. The lowest BCUT2D eigenvalue weighted by Gasteiger charge is -2.22. The normalized spacial score (nSPS) is 21.3.